The van der Waals surface area contributed by atoms with Crippen LogP contribution in [-0.4, -0.2) is 28.2 Å². The van der Waals surface area contributed by atoms with E-state index in [0.717, 1.165) is 13.1 Å². The van der Waals surface area contributed by atoms with Gasteiger partial charge in [-0.05, 0) is 0 Å². The first-order chi connectivity index (χ1) is 9.56. The van der Waals surface area contributed by atoms with Crippen molar-refractivity contribution in [1.29, 1.82) is 0 Å². The molecule has 0 spiro atoms. The number of anilines is 2. The summed E-state index contributed by atoms with van der Waals surface area (Å²) in [7, 11) is 8.23. The van der Waals surface area contributed by atoms with Gasteiger partial charge in [0.1, 0.15) is 0 Å². The van der Waals surface area contributed by atoms with Crippen molar-refractivity contribution in [2.24, 2.45) is 0 Å². The predicted molar refractivity (Wildman–Crippen MR) is 81.9 cm³/mol. The number of nitrogens with zero attached hydrogens (tertiary/aromatic N) is 4. The Labute approximate surface area is 138 Å². The summed E-state index contributed by atoms with van der Waals surface area (Å²) in [5.74, 6) is 0. The maximum absolute atomic E-state index is 2.21. The molecule has 2 aromatic heterocycles. The van der Waals surface area contributed by atoms with Gasteiger partial charge in [-0.15, -0.1) is 0 Å². The largest absolute Gasteiger partial charge is 1.00 e. The van der Waals surface area contributed by atoms with Crippen LogP contribution in [0.25, 0.3) is 0 Å². The predicted octanol–water partition coefficient (Wildman–Crippen LogP) is -1.90. The quantitative estimate of drug-likeness (QED) is 0.584. The first kappa shape index (κ1) is 17.4. The van der Waals surface area contributed by atoms with Crippen LogP contribution in [0.4, 0.5) is 11.4 Å². The Morgan fingerprint density at radius 3 is 1.19 bits per heavy atom. The van der Waals surface area contributed by atoms with Gasteiger partial charge in [-0.3, -0.25) is 0 Å². The molecule has 0 saturated carbocycles. The number of aromatic nitrogens is 2. The van der Waals surface area contributed by atoms with Crippen LogP contribution in [0.5, 0.6) is 0 Å². The van der Waals surface area contributed by atoms with Gasteiger partial charge in [-0.25, -0.2) is 0 Å². The van der Waals surface area contributed by atoms with Gasteiger partial charge >= 0.3 is 0 Å². The maximum atomic E-state index is 2.21. The Morgan fingerprint density at radius 1 is 0.667 bits per heavy atom. The van der Waals surface area contributed by atoms with E-state index in [1.54, 1.807) is 0 Å². The van der Waals surface area contributed by atoms with Crippen molar-refractivity contribution in [3.63, 3.8) is 0 Å². The molecule has 0 saturated heterocycles. The van der Waals surface area contributed by atoms with Gasteiger partial charge in [-0.2, -0.15) is 9.13 Å². The molecule has 0 aliphatic carbocycles. The minimum Gasteiger partial charge on any atom is -1.00 e. The van der Waals surface area contributed by atoms with E-state index in [4.69, 9.17) is 0 Å². The maximum Gasteiger partial charge on any atom is 0.206 e. The van der Waals surface area contributed by atoms with Crippen molar-refractivity contribution in [2.45, 2.75) is 13.1 Å². The highest BCUT2D eigenvalue weighted by Crippen LogP contribution is 2.06. The van der Waals surface area contributed by atoms with Crippen LogP contribution in [0.15, 0.2) is 49.1 Å². The van der Waals surface area contributed by atoms with Crippen LogP contribution in [-0.2, 0) is 13.1 Å². The van der Waals surface area contributed by atoms with E-state index in [1.807, 2.05) is 0 Å². The zero-order chi connectivity index (χ0) is 14.5. The summed E-state index contributed by atoms with van der Waals surface area (Å²) in [6.45, 7) is 1.94. The topological polar surface area (TPSA) is 14.2 Å². The molecule has 114 valence electrons. The third-order valence-electron chi connectivity index (χ3n) is 3.40. The standard InChI is InChI=1S/C16H24N4.BrH/c1-17(2)15-5-9-19(10-6-15)13-14-20-11-7-16(8-12-20)18(3)4;/h5-12H,13-14H2,1-4H3;1H/q+2;/p-1. The van der Waals surface area contributed by atoms with Gasteiger partial charge in [0.2, 0.25) is 13.1 Å². The van der Waals surface area contributed by atoms with Crippen LogP contribution < -0.4 is 35.9 Å². The van der Waals surface area contributed by atoms with E-state index in [2.05, 4.69) is 96.2 Å². The second kappa shape index (κ2) is 7.98. The van der Waals surface area contributed by atoms with Crippen LogP contribution in [0.1, 0.15) is 0 Å². The lowest BCUT2D eigenvalue weighted by molar-refractivity contribution is -0.778. The fourth-order valence-electron chi connectivity index (χ4n) is 2.02. The van der Waals surface area contributed by atoms with Gasteiger partial charge in [0, 0.05) is 63.8 Å². The first-order valence-electron chi connectivity index (χ1n) is 6.89. The number of rotatable bonds is 5. The molecule has 0 aromatic carbocycles. The third kappa shape index (κ3) is 5.01. The van der Waals surface area contributed by atoms with Crippen molar-refractivity contribution in [3.05, 3.63) is 49.1 Å². The molecule has 0 radical (unpaired) electrons. The third-order valence-corrected chi connectivity index (χ3v) is 3.40. The normalized spacial score (nSPS) is 9.90. The Balaban J connectivity index is 0.00000220. The summed E-state index contributed by atoms with van der Waals surface area (Å²) >= 11 is 0. The molecule has 0 aliphatic rings. The highest BCUT2D eigenvalue weighted by atomic mass is 79.9. The SMILES string of the molecule is CN(C)c1cc[n+](CC[n+]2ccc(N(C)C)cc2)cc1.[Br-]. The summed E-state index contributed by atoms with van der Waals surface area (Å²) in [4.78, 5) is 4.22. The molecule has 0 atom stereocenters. The molecule has 0 amide bonds. The highest BCUT2D eigenvalue weighted by Gasteiger charge is 2.07. The molecule has 0 unspecified atom stereocenters. The van der Waals surface area contributed by atoms with Gasteiger partial charge in [0.05, 0.1) is 0 Å². The summed E-state index contributed by atoms with van der Waals surface area (Å²) in [5, 5.41) is 0. The van der Waals surface area contributed by atoms with E-state index in [9.17, 15) is 0 Å². The van der Waals surface area contributed by atoms with E-state index in [-0.39, 0.29) is 17.0 Å². The molecule has 2 aromatic rings. The van der Waals surface area contributed by atoms with Crippen LogP contribution in [0.3, 0.4) is 0 Å². The second-order valence-corrected chi connectivity index (χ2v) is 5.38. The molecule has 4 nitrogen and oxygen atoms in total. The van der Waals surface area contributed by atoms with Crippen LogP contribution in [0, 0.1) is 0 Å². The molecule has 2 heterocycles. The zero-order valence-electron chi connectivity index (χ0n) is 13.2. The zero-order valence-corrected chi connectivity index (χ0v) is 14.8. The highest BCUT2D eigenvalue weighted by molar-refractivity contribution is 5.42. The number of hydrogen-bond donors (Lipinski definition) is 0. The number of hydrogen-bond acceptors (Lipinski definition) is 2. The van der Waals surface area contributed by atoms with E-state index in [1.165, 1.54) is 11.4 Å². The van der Waals surface area contributed by atoms with Crippen molar-refractivity contribution < 1.29 is 26.1 Å². The fraction of sp³-hybridized carbons (Fsp3) is 0.375. The van der Waals surface area contributed by atoms with Crippen molar-refractivity contribution >= 4 is 11.4 Å². The lowest BCUT2D eigenvalue weighted by Gasteiger charge is -2.10. The monoisotopic (exact) mass is 351 g/mol. The Bertz CT molecular complexity index is 484. The summed E-state index contributed by atoms with van der Waals surface area (Å²) < 4.78 is 4.42. The molecule has 0 fully saturated rings. The Hall–Kier alpha value is -1.62. The molecule has 0 N–H and O–H groups in total. The molecular formula is C16H24BrN4+. The molecule has 5 heteroatoms. The van der Waals surface area contributed by atoms with Gasteiger partial charge in [-0.1, -0.05) is 0 Å². The van der Waals surface area contributed by atoms with Crippen molar-refractivity contribution in [2.75, 3.05) is 38.0 Å². The first-order valence-corrected chi connectivity index (χ1v) is 6.89. The van der Waals surface area contributed by atoms with Gasteiger partial charge in [0.25, 0.3) is 0 Å². The molecule has 0 aliphatic heterocycles. The molecule has 21 heavy (non-hydrogen) atoms. The molecular weight excluding hydrogens is 328 g/mol. The van der Waals surface area contributed by atoms with Crippen LogP contribution >= 0.6 is 0 Å². The second-order valence-electron chi connectivity index (χ2n) is 5.38. The number of halogens is 1. The van der Waals surface area contributed by atoms with Gasteiger partial charge < -0.3 is 26.8 Å². The Morgan fingerprint density at radius 2 is 0.952 bits per heavy atom. The average Bonchev–Trinajstić information content (AvgIpc) is 2.46. The summed E-state index contributed by atoms with van der Waals surface area (Å²) in [5.41, 5.74) is 2.45. The van der Waals surface area contributed by atoms with Crippen molar-refractivity contribution in [3.8, 4) is 0 Å². The number of aryl methyl sites for hydroxylation is 2. The minimum absolute atomic E-state index is 0. The lowest BCUT2D eigenvalue weighted by atomic mass is 10.3. The molecule has 0 bridgehead atoms. The minimum atomic E-state index is 0. The van der Waals surface area contributed by atoms with Gasteiger partial charge in [0.15, 0.2) is 24.8 Å². The summed E-state index contributed by atoms with van der Waals surface area (Å²) in [6, 6.07) is 8.55. The smallest absolute Gasteiger partial charge is 0.206 e. The number of pyridine rings is 2. The van der Waals surface area contributed by atoms with E-state index >= 15 is 0 Å². The van der Waals surface area contributed by atoms with Crippen LogP contribution in [0.2, 0.25) is 0 Å². The van der Waals surface area contributed by atoms with E-state index in [0.29, 0.717) is 0 Å². The van der Waals surface area contributed by atoms with Crippen molar-refractivity contribution in [1.82, 2.24) is 0 Å². The Kier molecular flexibility index (Phi) is 6.62. The lowest BCUT2D eigenvalue weighted by Crippen LogP contribution is -3.00. The summed E-state index contributed by atoms with van der Waals surface area (Å²) in [6.07, 6.45) is 8.52. The fourth-order valence-corrected chi connectivity index (χ4v) is 2.02. The molecule has 2 rings (SSSR count). The average molecular weight is 352 g/mol. The van der Waals surface area contributed by atoms with E-state index < -0.39 is 0 Å².